The molecule has 0 aromatic rings. The highest BCUT2D eigenvalue weighted by Crippen LogP contribution is 2.04. The molecule has 0 aliphatic heterocycles. The van der Waals surface area contributed by atoms with Crippen molar-refractivity contribution in [1.82, 2.24) is 10.6 Å². The van der Waals surface area contributed by atoms with Crippen LogP contribution in [-0.4, -0.2) is 41.3 Å². The van der Waals surface area contributed by atoms with E-state index < -0.39 is 12.0 Å². The summed E-state index contributed by atoms with van der Waals surface area (Å²) in [6.07, 6.45) is 2.07. The van der Waals surface area contributed by atoms with E-state index in [0.717, 1.165) is 0 Å². The third-order valence-corrected chi connectivity index (χ3v) is 2.92. The van der Waals surface area contributed by atoms with Crippen molar-refractivity contribution in [3.63, 3.8) is 0 Å². The number of amides is 2. The number of carbonyl (C=O) groups excluding carboxylic acids is 3. The maximum absolute atomic E-state index is 11.6. The van der Waals surface area contributed by atoms with E-state index in [1.54, 1.807) is 6.92 Å². The van der Waals surface area contributed by atoms with E-state index in [1.807, 2.05) is 0 Å². The number of carboxylic acids is 1. The first-order valence-electron chi connectivity index (χ1n) is 7.15. The summed E-state index contributed by atoms with van der Waals surface area (Å²) in [6.45, 7) is 3.56. The van der Waals surface area contributed by atoms with Crippen LogP contribution in [0.4, 0.5) is 0 Å². The van der Waals surface area contributed by atoms with Crippen molar-refractivity contribution in [3.05, 3.63) is 0 Å². The summed E-state index contributed by atoms with van der Waals surface area (Å²) in [4.78, 5) is 44.2. The molecule has 7 nitrogen and oxygen atoms in total. The van der Waals surface area contributed by atoms with E-state index in [9.17, 15) is 19.2 Å². The number of aliphatic carboxylic acids is 1. The number of carboxylic acid groups (broad SMARTS) is 1. The molecule has 0 saturated carbocycles. The van der Waals surface area contributed by atoms with Gasteiger partial charge in [-0.3, -0.25) is 19.2 Å². The van der Waals surface area contributed by atoms with Crippen LogP contribution in [0.15, 0.2) is 0 Å². The number of unbranched alkanes of at least 4 members (excludes halogenated alkanes) is 1. The van der Waals surface area contributed by atoms with Crippen molar-refractivity contribution in [1.29, 1.82) is 0 Å². The van der Waals surface area contributed by atoms with Gasteiger partial charge >= 0.3 is 5.97 Å². The fourth-order valence-electron chi connectivity index (χ4n) is 1.82. The van der Waals surface area contributed by atoms with Crippen molar-refractivity contribution >= 4 is 23.6 Å². The summed E-state index contributed by atoms with van der Waals surface area (Å²) < 4.78 is 0. The van der Waals surface area contributed by atoms with Crippen LogP contribution in [0.1, 0.15) is 52.4 Å². The molecule has 0 aromatic heterocycles. The fraction of sp³-hybridized carbons (Fsp3) is 0.714. The average molecular weight is 300 g/mol. The molecule has 0 bridgehead atoms. The number of rotatable bonds is 11. The van der Waals surface area contributed by atoms with E-state index >= 15 is 0 Å². The van der Waals surface area contributed by atoms with Gasteiger partial charge in [-0.2, -0.15) is 0 Å². The number of Topliss-reactive ketones (excluding diaryl/α,β-unsaturated/α-hetero) is 1. The molecule has 1 unspecified atom stereocenters. The molecular weight excluding hydrogens is 276 g/mol. The summed E-state index contributed by atoms with van der Waals surface area (Å²) in [6, 6.07) is -0.463. The third-order valence-electron chi connectivity index (χ3n) is 2.92. The van der Waals surface area contributed by atoms with Crippen LogP contribution in [0.5, 0.6) is 0 Å². The quantitative estimate of drug-likeness (QED) is 0.484. The molecule has 0 fully saturated rings. The standard InChI is InChI=1S/C14H24N2O5/c1-3-12(18)11(16-10(2)17)6-4-5-9-15-13(19)7-8-14(20)21/h11H,3-9H2,1-2H3,(H,15,19)(H,16,17)(H,20,21). The van der Waals surface area contributed by atoms with Crippen molar-refractivity contribution in [3.8, 4) is 0 Å². The molecule has 1 atom stereocenters. The Morgan fingerprint density at radius 2 is 1.76 bits per heavy atom. The van der Waals surface area contributed by atoms with Gasteiger partial charge in [0.25, 0.3) is 0 Å². The molecular formula is C14H24N2O5. The van der Waals surface area contributed by atoms with Gasteiger partial charge in [-0.05, 0) is 19.3 Å². The van der Waals surface area contributed by atoms with Crippen LogP contribution in [0, 0.1) is 0 Å². The van der Waals surface area contributed by atoms with Gasteiger partial charge in [0.15, 0.2) is 5.78 Å². The first kappa shape index (κ1) is 19.1. The normalized spacial score (nSPS) is 11.5. The lowest BCUT2D eigenvalue weighted by molar-refractivity contribution is -0.138. The molecule has 0 saturated heterocycles. The second kappa shape index (κ2) is 10.8. The Morgan fingerprint density at radius 3 is 2.29 bits per heavy atom. The number of nitrogens with one attached hydrogen (secondary N) is 2. The molecule has 0 aliphatic carbocycles. The predicted octanol–water partition coefficient (Wildman–Crippen LogP) is 0.622. The summed E-state index contributed by atoms with van der Waals surface area (Å²) in [5.74, 6) is -1.53. The first-order chi connectivity index (χ1) is 9.86. The van der Waals surface area contributed by atoms with Crippen molar-refractivity contribution < 1.29 is 24.3 Å². The lowest BCUT2D eigenvalue weighted by atomic mass is 10.0. The zero-order chi connectivity index (χ0) is 16.3. The van der Waals surface area contributed by atoms with Gasteiger partial charge in [-0.25, -0.2) is 0 Å². The largest absolute Gasteiger partial charge is 0.481 e. The SMILES string of the molecule is CCC(=O)C(CCCCNC(=O)CCC(=O)O)NC(C)=O. The highest BCUT2D eigenvalue weighted by Gasteiger charge is 2.16. The van der Waals surface area contributed by atoms with E-state index in [1.165, 1.54) is 6.92 Å². The van der Waals surface area contributed by atoms with Crippen LogP contribution >= 0.6 is 0 Å². The van der Waals surface area contributed by atoms with E-state index in [0.29, 0.717) is 32.2 Å². The molecule has 7 heteroatoms. The van der Waals surface area contributed by atoms with Gasteiger partial charge in [-0.1, -0.05) is 6.92 Å². The minimum absolute atomic E-state index is 0.00399. The third kappa shape index (κ3) is 10.5. The number of ketones is 1. The van der Waals surface area contributed by atoms with Crippen LogP contribution in [-0.2, 0) is 19.2 Å². The minimum Gasteiger partial charge on any atom is -0.481 e. The smallest absolute Gasteiger partial charge is 0.303 e. The molecule has 0 heterocycles. The van der Waals surface area contributed by atoms with Crippen molar-refractivity contribution in [2.24, 2.45) is 0 Å². The summed E-state index contributed by atoms with van der Waals surface area (Å²) in [5.41, 5.74) is 0. The van der Waals surface area contributed by atoms with Gasteiger partial charge in [-0.15, -0.1) is 0 Å². The maximum atomic E-state index is 11.6. The molecule has 120 valence electrons. The fourth-order valence-corrected chi connectivity index (χ4v) is 1.82. The van der Waals surface area contributed by atoms with Crippen molar-refractivity contribution in [2.45, 2.75) is 58.4 Å². The van der Waals surface area contributed by atoms with Gasteiger partial charge < -0.3 is 15.7 Å². The predicted molar refractivity (Wildman–Crippen MR) is 76.6 cm³/mol. The Morgan fingerprint density at radius 1 is 1.10 bits per heavy atom. The number of carbonyl (C=O) groups is 4. The Kier molecular flexibility index (Phi) is 9.83. The topological polar surface area (TPSA) is 113 Å². The second-order valence-corrected chi connectivity index (χ2v) is 4.81. The van der Waals surface area contributed by atoms with E-state index in [-0.39, 0.29) is 30.4 Å². The summed E-state index contributed by atoms with van der Waals surface area (Å²) >= 11 is 0. The number of hydrogen-bond acceptors (Lipinski definition) is 4. The Hall–Kier alpha value is -1.92. The van der Waals surface area contributed by atoms with E-state index in [4.69, 9.17) is 5.11 Å². The van der Waals surface area contributed by atoms with Crippen LogP contribution in [0.2, 0.25) is 0 Å². The van der Waals surface area contributed by atoms with Gasteiger partial charge in [0, 0.05) is 26.3 Å². The van der Waals surface area contributed by atoms with Gasteiger partial charge in [0.05, 0.1) is 12.5 Å². The van der Waals surface area contributed by atoms with E-state index in [2.05, 4.69) is 10.6 Å². The summed E-state index contributed by atoms with van der Waals surface area (Å²) in [7, 11) is 0. The Bertz CT molecular complexity index is 382. The second-order valence-electron chi connectivity index (χ2n) is 4.81. The van der Waals surface area contributed by atoms with Gasteiger partial charge in [0.2, 0.25) is 11.8 Å². The molecule has 0 spiro atoms. The Labute approximate surface area is 124 Å². The van der Waals surface area contributed by atoms with Crippen LogP contribution in [0.25, 0.3) is 0 Å². The lowest BCUT2D eigenvalue weighted by Crippen LogP contribution is -2.39. The highest BCUT2D eigenvalue weighted by molar-refractivity contribution is 5.88. The highest BCUT2D eigenvalue weighted by atomic mass is 16.4. The minimum atomic E-state index is -0.999. The Balaban J connectivity index is 3.84. The molecule has 0 aliphatic rings. The zero-order valence-corrected chi connectivity index (χ0v) is 12.6. The molecule has 0 rings (SSSR count). The number of hydrogen-bond donors (Lipinski definition) is 3. The molecule has 0 radical (unpaired) electrons. The lowest BCUT2D eigenvalue weighted by Gasteiger charge is -2.15. The van der Waals surface area contributed by atoms with Crippen molar-refractivity contribution in [2.75, 3.05) is 6.54 Å². The molecule has 3 N–H and O–H groups in total. The first-order valence-corrected chi connectivity index (χ1v) is 7.15. The average Bonchev–Trinajstić information content (AvgIpc) is 2.42. The molecule has 2 amide bonds. The molecule has 0 aromatic carbocycles. The zero-order valence-electron chi connectivity index (χ0n) is 12.6. The monoisotopic (exact) mass is 300 g/mol. The maximum Gasteiger partial charge on any atom is 0.303 e. The molecule has 21 heavy (non-hydrogen) atoms. The van der Waals surface area contributed by atoms with Crippen LogP contribution in [0.3, 0.4) is 0 Å². The summed E-state index contributed by atoms with van der Waals surface area (Å²) in [5, 5.41) is 13.7. The van der Waals surface area contributed by atoms with Gasteiger partial charge in [0.1, 0.15) is 0 Å². The van der Waals surface area contributed by atoms with Crippen LogP contribution < -0.4 is 10.6 Å².